The number of ketones is 1. The van der Waals surface area contributed by atoms with Crippen molar-refractivity contribution < 1.29 is 33.6 Å². The molecule has 0 bridgehead atoms. The Morgan fingerprint density at radius 2 is 1.59 bits per heavy atom. The fraction of sp³-hybridized carbons (Fsp3) is 0.379. The predicted molar refractivity (Wildman–Crippen MR) is 138 cm³/mol. The summed E-state index contributed by atoms with van der Waals surface area (Å²) in [7, 11) is 4.63. The topological polar surface area (TPSA) is 103 Å². The van der Waals surface area contributed by atoms with Gasteiger partial charge in [0.2, 0.25) is 0 Å². The molecule has 0 saturated heterocycles. The molecule has 2 N–H and O–H groups in total. The molecule has 0 aromatic heterocycles. The van der Waals surface area contributed by atoms with Crippen LogP contribution in [-0.4, -0.2) is 44.3 Å². The Balaban J connectivity index is 1.79. The van der Waals surface area contributed by atoms with Gasteiger partial charge in [-0.2, -0.15) is 0 Å². The molecule has 0 saturated carbocycles. The highest BCUT2D eigenvalue weighted by Gasteiger charge is 2.42. The number of hydrogen-bond acceptors (Lipinski definition) is 8. The lowest BCUT2D eigenvalue weighted by Crippen LogP contribution is -2.36. The molecule has 1 heterocycles. The second kappa shape index (κ2) is 10.6. The Kier molecular flexibility index (Phi) is 7.47. The van der Waals surface area contributed by atoms with E-state index in [2.05, 4.69) is 5.32 Å². The van der Waals surface area contributed by atoms with Gasteiger partial charge in [-0.25, -0.2) is 4.79 Å². The summed E-state index contributed by atoms with van der Waals surface area (Å²) < 4.78 is 21.6. The van der Waals surface area contributed by atoms with Gasteiger partial charge in [-0.05, 0) is 68.5 Å². The molecule has 8 heteroatoms. The summed E-state index contributed by atoms with van der Waals surface area (Å²) in [6.45, 7) is 5.37. The van der Waals surface area contributed by atoms with Crippen LogP contribution in [0.2, 0.25) is 0 Å². The third-order valence-electron chi connectivity index (χ3n) is 6.81. The largest absolute Gasteiger partial charge is 0.504 e. The average molecular weight is 508 g/mol. The molecule has 0 radical (unpaired) electrons. The van der Waals surface area contributed by atoms with Crippen LogP contribution in [-0.2, 0) is 14.3 Å². The molecule has 2 aromatic rings. The number of dihydropyridines is 1. The van der Waals surface area contributed by atoms with Crippen LogP contribution in [0.1, 0.15) is 56.6 Å². The summed E-state index contributed by atoms with van der Waals surface area (Å²) in [6.07, 6.45) is 0.503. The number of methoxy groups -OCH3 is 3. The molecule has 196 valence electrons. The first-order valence-electron chi connectivity index (χ1n) is 12.2. The lowest BCUT2D eigenvalue weighted by Gasteiger charge is -2.37. The number of benzene rings is 2. The number of phenolic OH excluding ortho intramolecular Hbond substituents is 1. The first kappa shape index (κ1) is 26.1. The number of nitrogens with one attached hydrogen (secondary N) is 1. The average Bonchev–Trinajstić information content (AvgIpc) is 2.86. The number of esters is 1. The Hall–Kier alpha value is -3.94. The van der Waals surface area contributed by atoms with Gasteiger partial charge in [-0.1, -0.05) is 12.1 Å². The number of phenols is 1. The number of ether oxygens (including phenoxy) is 4. The fourth-order valence-electron chi connectivity index (χ4n) is 5.15. The summed E-state index contributed by atoms with van der Waals surface area (Å²) >= 11 is 0. The highest BCUT2D eigenvalue weighted by atomic mass is 16.5. The lowest BCUT2D eigenvalue weighted by atomic mass is 9.71. The normalized spacial score (nSPS) is 19.4. The molecule has 37 heavy (non-hydrogen) atoms. The van der Waals surface area contributed by atoms with Gasteiger partial charge in [-0.15, -0.1) is 0 Å². The first-order valence-corrected chi connectivity index (χ1v) is 12.2. The fourth-order valence-corrected chi connectivity index (χ4v) is 5.15. The van der Waals surface area contributed by atoms with Crippen molar-refractivity contribution in [2.75, 3.05) is 21.3 Å². The zero-order valence-corrected chi connectivity index (χ0v) is 22.0. The number of carbonyl (C=O) groups excluding carboxylic acids is 2. The van der Waals surface area contributed by atoms with Gasteiger partial charge >= 0.3 is 5.97 Å². The SMILES string of the molecule is COc1ccc([C@H]2C(C(=O)OC(C)C)=C(C)NC3=C2C(=O)C[C@@H](c2ccc(OC)c(OC)c2)C3)cc1O. The van der Waals surface area contributed by atoms with Gasteiger partial charge in [0, 0.05) is 29.3 Å². The van der Waals surface area contributed by atoms with E-state index in [9.17, 15) is 14.7 Å². The summed E-state index contributed by atoms with van der Waals surface area (Å²) in [5, 5.41) is 13.8. The van der Waals surface area contributed by atoms with E-state index in [1.807, 2.05) is 25.1 Å². The summed E-state index contributed by atoms with van der Waals surface area (Å²) in [6, 6.07) is 10.6. The Bertz CT molecular complexity index is 1290. The first-order chi connectivity index (χ1) is 17.7. The van der Waals surface area contributed by atoms with Crippen molar-refractivity contribution in [1.82, 2.24) is 5.32 Å². The van der Waals surface area contributed by atoms with E-state index >= 15 is 0 Å². The summed E-state index contributed by atoms with van der Waals surface area (Å²) in [5.41, 5.74) is 3.82. The van der Waals surface area contributed by atoms with Crippen LogP contribution < -0.4 is 19.5 Å². The van der Waals surface area contributed by atoms with Crippen molar-refractivity contribution in [3.8, 4) is 23.0 Å². The van der Waals surface area contributed by atoms with Crippen molar-refractivity contribution in [3.05, 3.63) is 70.1 Å². The minimum Gasteiger partial charge on any atom is -0.504 e. The van der Waals surface area contributed by atoms with Crippen LogP contribution in [0.25, 0.3) is 0 Å². The van der Waals surface area contributed by atoms with Crippen molar-refractivity contribution in [3.63, 3.8) is 0 Å². The number of rotatable bonds is 7. The van der Waals surface area contributed by atoms with Gasteiger partial charge in [0.05, 0.1) is 33.0 Å². The molecular formula is C29H33NO7. The molecular weight excluding hydrogens is 474 g/mol. The van der Waals surface area contributed by atoms with Crippen LogP contribution in [0.5, 0.6) is 23.0 Å². The molecule has 2 atom stereocenters. The maximum absolute atomic E-state index is 13.8. The minimum atomic E-state index is -0.682. The molecule has 2 aliphatic rings. The molecule has 4 rings (SSSR count). The molecule has 1 aliphatic carbocycles. The molecule has 0 fully saturated rings. The number of allylic oxidation sites excluding steroid dienone is 3. The van der Waals surface area contributed by atoms with Gasteiger partial charge in [0.15, 0.2) is 28.8 Å². The quantitative estimate of drug-likeness (QED) is 0.519. The molecule has 2 aromatic carbocycles. The second-order valence-corrected chi connectivity index (χ2v) is 9.52. The highest BCUT2D eigenvalue weighted by Crippen LogP contribution is 2.47. The smallest absolute Gasteiger partial charge is 0.337 e. The third kappa shape index (κ3) is 5.01. The Morgan fingerprint density at radius 3 is 2.22 bits per heavy atom. The van der Waals surface area contributed by atoms with Gasteiger partial charge in [-0.3, -0.25) is 4.79 Å². The van der Waals surface area contributed by atoms with E-state index in [0.29, 0.717) is 46.1 Å². The summed E-state index contributed by atoms with van der Waals surface area (Å²) in [4.78, 5) is 27.0. The maximum Gasteiger partial charge on any atom is 0.337 e. The van der Waals surface area contributed by atoms with E-state index in [1.165, 1.54) is 7.11 Å². The van der Waals surface area contributed by atoms with Crippen LogP contribution >= 0.6 is 0 Å². The van der Waals surface area contributed by atoms with Crippen LogP contribution in [0, 0.1) is 0 Å². The molecule has 0 amide bonds. The van der Waals surface area contributed by atoms with E-state index in [0.717, 1.165) is 11.3 Å². The molecule has 8 nitrogen and oxygen atoms in total. The standard InChI is InChI=1S/C29H33NO7/c1-15(2)37-29(33)26-16(3)30-20-11-19(17-7-10-24(35-5)25(14-17)36-6)13-22(32)28(20)27(26)18-8-9-23(34-4)21(31)12-18/h7-10,12,14-15,19,27,30-31H,11,13H2,1-6H3/t19-,27-/m0/s1. The zero-order valence-electron chi connectivity index (χ0n) is 22.0. The van der Waals surface area contributed by atoms with E-state index in [-0.39, 0.29) is 30.0 Å². The number of aromatic hydroxyl groups is 1. The van der Waals surface area contributed by atoms with Gasteiger partial charge in [0.25, 0.3) is 0 Å². The minimum absolute atomic E-state index is 0.0682. The third-order valence-corrected chi connectivity index (χ3v) is 6.81. The van der Waals surface area contributed by atoms with Crippen LogP contribution in [0.4, 0.5) is 0 Å². The lowest BCUT2D eigenvalue weighted by molar-refractivity contribution is -0.143. The van der Waals surface area contributed by atoms with E-state index in [4.69, 9.17) is 18.9 Å². The van der Waals surface area contributed by atoms with Gasteiger partial charge in [0.1, 0.15) is 0 Å². The highest BCUT2D eigenvalue weighted by molar-refractivity contribution is 6.04. The summed E-state index contributed by atoms with van der Waals surface area (Å²) in [5.74, 6) is 0.126. The molecule has 0 spiro atoms. The van der Waals surface area contributed by atoms with Crippen molar-refractivity contribution >= 4 is 11.8 Å². The van der Waals surface area contributed by atoms with E-state index in [1.54, 1.807) is 46.3 Å². The van der Waals surface area contributed by atoms with Crippen LogP contribution in [0.3, 0.4) is 0 Å². The maximum atomic E-state index is 13.8. The van der Waals surface area contributed by atoms with Crippen molar-refractivity contribution in [2.45, 2.75) is 51.6 Å². The monoisotopic (exact) mass is 507 g/mol. The van der Waals surface area contributed by atoms with E-state index < -0.39 is 11.9 Å². The number of hydrogen-bond donors (Lipinski definition) is 2. The number of Topliss-reactive ketones (excluding diaryl/α,β-unsaturated/α-hetero) is 1. The Morgan fingerprint density at radius 1 is 0.946 bits per heavy atom. The molecule has 1 aliphatic heterocycles. The second-order valence-electron chi connectivity index (χ2n) is 9.52. The number of carbonyl (C=O) groups is 2. The van der Waals surface area contributed by atoms with Crippen molar-refractivity contribution in [2.24, 2.45) is 0 Å². The van der Waals surface area contributed by atoms with Crippen molar-refractivity contribution in [1.29, 1.82) is 0 Å². The predicted octanol–water partition coefficient (Wildman–Crippen LogP) is 4.73. The Labute approximate surface area is 216 Å². The molecule has 0 unspecified atom stereocenters. The van der Waals surface area contributed by atoms with Gasteiger partial charge < -0.3 is 29.4 Å². The zero-order chi connectivity index (χ0) is 26.9. The van der Waals surface area contributed by atoms with Crippen LogP contribution in [0.15, 0.2) is 58.9 Å².